The standard InChI is InChI=1S/C16H15FN2O3S/c17-12-3-1-10(2-4-12)7-14-18-8-13(23-14)15(20)19-6-5-11(9-19)16(21)22/h1-4,8,11H,5-7,9H2,(H,21,22). The second-order valence-electron chi connectivity index (χ2n) is 5.50. The van der Waals surface area contributed by atoms with E-state index in [9.17, 15) is 14.0 Å². The fraction of sp³-hybridized carbons (Fsp3) is 0.312. The van der Waals surface area contributed by atoms with E-state index in [1.54, 1.807) is 17.0 Å². The molecule has 0 aliphatic carbocycles. The smallest absolute Gasteiger partial charge is 0.308 e. The third kappa shape index (κ3) is 3.56. The van der Waals surface area contributed by atoms with Gasteiger partial charge in [0.2, 0.25) is 0 Å². The molecule has 1 fully saturated rings. The Morgan fingerprint density at radius 2 is 2.09 bits per heavy atom. The van der Waals surface area contributed by atoms with Crippen LogP contribution in [0.4, 0.5) is 4.39 Å². The average molecular weight is 334 g/mol. The van der Waals surface area contributed by atoms with Gasteiger partial charge in [-0.05, 0) is 24.1 Å². The molecule has 2 heterocycles. The Bertz CT molecular complexity index is 729. The number of halogens is 1. The van der Waals surface area contributed by atoms with Crippen LogP contribution in [-0.4, -0.2) is 40.0 Å². The highest BCUT2D eigenvalue weighted by Crippen LogP contribution is 2.23. The van der Waals surface area contributed by atoms with Gasteiger partial charge in [0.25, 0.3) is 5.91 Å². The largest absolute Gasteiger partial charge is 0.481 e. The number of carbonyl (C=O) groups is 2. The quantitative estimate of drug-likeness (QED) is 0.932. The lowest BCUT2D eigenvalue weighted by atomic mass is 10.1. The minimum atomic E-state index is -0.860. The molecule has 0 saturated carbocycles. The van der Waals surface area contributed by atoms with Crippen LogP contribution in [0.5, 0.6) is 0 Å². The van der Waals surface area contributed by atoms with Gasteiger partial charge < -0.3 is 10.0 Å². The van der Waals surface area contributed by atoms with Crippen molar-refractivity contribution in [1.82, 2.24) is 9.88 Å². The summed E-state index contributed by atoms with van der Waals surface area (Å²) < 4.78 is 12.9. The van der Waals surface area contributed by atoms with E-state index in [4.69, 9.17) is 5.11 Å². The maximum absolute atomic E-state index is 12.9. The Kier molecular flexibility index (Phi) is 4.38. The zero-order valence-electron chi connectivity index (χ0n) is 12.2. The van der Waals surface area contributed by atoms with E-state index in [1.807, 2.05) is 0 Å². The third-order valence-electron chi connectivity index (χ3n) is 3.86. The number of thiazole rings is 1. The van der Waals surface area contributed by atoms with Crippen molar-refractivity contribution in [2.45, 2.75) is 12.8 Å². The summed E-state index contributed by atoms with van der Waals surface area (Å²) in [5, 5.41) is 9.77. The van der Waals surface area contributed by atoms with Gasteiger partial charge in [-0.15, -0.1) is 11.3 Å². The number of carboxylic acid groups (broad SMARTS) is 1. The zero-order valence-corrected chi connectivity index (χ0v) is 13.1. The zero-order chi connectivity index (χ0) is 16.4. The predicted octanol–water partition coefficient (Wildman–Crippen LogP) is 2.42. The molecule has 0 bridgehead atoms. The first-order valence-electron chi connectivity index (χ1n) is 7.24. The fourth-order valence-corrected chi connectivity index (χ4v) is 3.49. The van der Waals surface area contributed by atoms with E-state index in [0.29, 0.717) is 24.3 Å². The third-order valence-corrected chi connectivity index (χ3v) is 4.84. The first-order valence-corrected chi connectivity index (χ1v) is 8.06. The highest BCUT2D eigenvalue weighted by Gasteiger charge is 2.31. The Morgan fingerprint density at radius 1 is 1.35 bits per heavy atom. The van der Waals surface area contributed by atoms with Crippen molar-refractivity contribution in [1.29, 1.82) is 0 Å². The van der Waals surface area contributed by atoms with Crippen LogP contribution in [-0.2, 0) is 11.2 Å². The van der Waals surface area contributed by atoms with E-state index < -0.39 is 11.9 Å². The molecular weight excluding hydrogens is 319 g/mol. The monoisotopic (exact) mass is 334 g/mol. The van der Waals surface area contributed by atoms with Gasteiger partial charge in [0.15, 0.2) is 0 Å². The molecule has 1 unspecified atom stereocenters. The SMILES string of the molecule is O=C(O)C1CCN(C(=O)c2cnc(Cc3ccc(F)cc3)s2)C1. The molecule has 120 valence electrons. The topological polar surface area (TPSA) is 70.5 Å². The van der Waals surface area contributed by atoms with Gasteiger partial charge in [0, 0.05) is 19.5 Å². The molecule has 1 aromatic heterocycles. The lowest BCUT2D eigenvalue weighted by Gasteiger charge is -2.13. The van der Waals surface area contributed by atoms with Crippen LogP contribution in [0.3, 0.4) is 0 Å². The summed E-state index contributed by atoms with van der Waals surface area (Å²) in [6.07, 6.45) is 2.55. The van der Waals surface area contributed by atoms with Crippen LogP contribution in [0.1, 0.15) is 26.7 Å². The van der Waals surface area contributed by atoms with Gasteiger partial charge in [0.1, 0.15) is 10.7 Å². The van der Waals surface area contributed by atoms with Crippen LogP contribution >= 0.6 is 11.3 Å². The number of hydrogen-bond acceptors (Lipinski definition) is 4. The fourth-order valence-electron chi connectivity index (χ4n) is 2.57. The van der Waals surface area contributed by atoms with Gasteiger partial charge in [-0.2, -0.15) is 0 Å². The molecule has 5 nitrogen and oxygen atoms in total. The summed E-state index contributed by atoms with van der Waals surface area (Å²) >= 11 is 1.29. The molecule has 1 aromatic carbocycles. The Balaban J connectivity index is 1.66. The number of benzene rings is 1. The molecule has 1 atom stereocenters. The molecule has 1 aliphatic heterocycles. The van der Waals surface area contributed by atoms with Crippen molar-refractivity contribution in [3.05, 3.63) is 51.7 Å². The van der Waals surface area contributed by atoms with Gasteiger partial charge >= 0.3 is 5.97 Å². The number of nitrogens with zero attached hydrogens (tertiary/aromatic N) is 2. The minimum Gasteiger partial charge on any atom is -0.481 e. The summed E-state index contributed by atoms with van der Waals surface area (Å²) in [6.45, 7) is 0.709. The van der Waals surface area contributed by atoms with Crippen molar-refractivity contribution in [3.8, 4) is 0 Å². The van der Waals surface area contributed by atoms with Crippen LogP contribution in [0.2, 0.25) is 0 Å². The lowest BCUT2D eigenvalue weighted by Crippen LogP contribution is -2.29. The first kappa shape index (κ1) is 15.6. The van der Waals surface area contributed by atoms with Gasteiger partial charge in [-0.1, -0.05) is 12.1 Å². The molecular formula is C16H15FN2O3S. The maximum atomic E-state index is 12.9. The van der Waals surface area contributed by atoms with Crippen LogP contribution in [0, 0.1) is 11.7 Å². The van der Waals surface area contributed by atoms with Crippen molar-refractivity contribution in [2.24, 2.45) is 5.92 Å². The number of carbonyl (C=O) groups excluding carboxylic acids is 1. The van der Waals surface area contributed by atoms with E-state index in [-0.39, 0.29) is 18.3 Å². The van der Waals surface area contributed by atoms with E-state index in [0.717, 1.165) is 10.6 Å². The van der Waals surface area contributed by atoms with Crippen molar-refractivity contribution < 1.29 is 19.1 Å². The second-order valence-corrected chi connectivity index (χ2v) is 6.61. The predicted molar refractivity (Wildman–Crippen MR) is 83.0 cm³/mol. The molecule has 1 aliphatic rings. The highest BCUT2D eigenvalue weighted by atomic mass is 32.1. The molecule has 1 N–H and O–H groups in total. The number of likely N-dealkylation sites (tertiary alicyclic amines) is 1. The Hall–Kier alpha value is -2.28. The maximum Gasteiger partial charge on any atom is 0.308 e. The molecule has 23 heavy (non-hydrogen) atoms. The lowest BCUT2D eigenvalue weighted by molar-refractivity contribution is -0.141. The number of amides is 1. The van der Waals surface area contributed by atoms with Crippen LogP contribution in [0.25, 0.3) is 0 Å². The number of hydrogen-bond donors (Lipinski definition) is 1. The Morgan fingerprint density at radius 3 is 2.74 bits per heavy atom. The Labute approximate surface area is 136 Å². The van der Waals surface area contributed by atoms with Gasteiger partial charge in [-0.3, -0.25) is 9.59 Å². The van der Waals surface area contributed by atoms with Gasteiger partial charge in [-0.25, -0.2) is 9.37 Å². The van der Waals surface area contributed by atoms with E-state index >= 15 is 0 Å². The van der Waals surface area contributed by atoms with Crippen molar-refractivity contribution >= 4 is 23.2 Å². The number of carboxylic acids is 1. The molecule has 3 rings (SSSR count). The van der Waals surface area contributed by atoms with Crippen LogP contribution in [0.15, 0.2) is 30.5 Å². The number of rotatable bonds is 4. The summed E-state index contributed by atoms with van der Waals surface area (Å²) in [4.78, 5) is 29.7. The minimum absolute atomic E-state index is 0.170. The number of aliphatic carboxylic acids is 1. The highest BCUT2D eigenvalue weighted by molar-refractivity contribution is 7.13. The van der Waals surface area contributed by atoms with Gasteiger partial charge in [0.05, 0.1) is 17.1 Å². The summed E-state index contributed by atoms with van der Waals surface area (Å²) in [7, 11) is 0. The molecule has 7 heteroatoms. The molecule has 0 spiro atoms. The average Bonchev–Trinajstić information content (AvgIpc) is 3.18. The molecule has 1 amide bonds. The summed E-state index contributed by atoms with van der Waals surface area (Å²) in [6, 6.07) is 6.17. The van der Waals surface area contributed by atoms with E-state index in [2.05, 4.69) is 4.98 Å². The molecule has 1 saturated heterocycles. The summed E-state index contributed by atoms with van der Waals surface area (Å²) in [5.41, 5.74) is 0.923. The normalized spacial score (nSPS) is 17.4. The second kappa shape index (κ2) is 6.45. The molecule has 2 aromatic rings. The number of aromatic nitrogens is 1. The first-order chi connectivity index (χ1) is 11.0. The summed E-state index contributed by atoms with van der Waals surface area (Å²) in [5.74, 6) is -1.80. The van der Waals surface area contributed by atoms with Crippen molar-refractivity contribution in [2.75, 3.05) is 13.1 Å². The van der Waals surface area contributed by atoms with E-state index in [1.165, 1.54) is 29.7 Å². The molecule has 0 radical (unpaired) electrons. The van der Waals surface area contributed by atoms with Crippen molar-refractivity contribution in [3.63, 3.8) is 0 Å². The van der Waals surface area contributed by atoms with Crippen LogP contribution < -0.4 is 0 Å².